The molecular weight excluding hydrogens is 488 g/mol. The Bertz CT molecular complexity index is 692. The maximum Gasteiger partial charge on any atom is 0.178 e. The molecule has 0 spiro atoms. The topological polar surface area (TPSA) is 46.2 Å². The Kier molecular flexibility index (Phi) is 11.2. The van der Waals surface area contributed by atoms with E-state index in [9.17, 15) is 0 Å². The van der Waals surface area contributed by atoms with E-state index in [0.29, 0.717) is 29.5 Å². The van der Waals surface area contributed by atoms with Gasteiger partial charge in [-0.1, -0.05) is 125 Å². The number of rotatable bonds is 0. The molecule has 3 heterocycles. The van der Waals surface area contributed by atoms with Gasteiger partial charge in [0.25, 0.3) is 0 Å². The molecule has 234 valence electrons. The van der Waals surface area contributed by atoms with E-state index in [1.165, 1.54) is 0 Å². The second-order valence-electron chi connectivity index (χ2n) is 18.1. The van der Waals surface area contributed by atoms with Crippen molar-refractivity contribution in [1.29, 1.82) is 0 Å². The first kappa shape index (κ1) is 36.8. The van der Waals surface area contributed by atoms with Gasteiger partial charge in [-0.25, -0.2) is 0 Å². The Hall–Kier alpha value is -0.200. The van der Waals surface area contributed by atoms with Crippen LogP contribution in [0.1, 0.15) is 131 Å². The Morgan fingerprint density at radius 3 is 0.744 bits per heavy atom. The summed E-state index contributed by atoms with van der Waals surface area (Å²) in [5.74, 6) is -0.877. The SMILES string of the molecule is CC(C)(C)C1(C(C)(C)C)COC1.CC(C)(C)C1(C(C)(C)C)OCCCO1.CC(C)(C)C1(C(C)(C)C)OCCO1. The standard InChI is InChI=1S/C12H24O2.C11H22O2.C11H22O/c1-10(2,3)12(11(4,5)6)13-8-7-9-14-12;1-9(2,3)11(10(4,5)6)12-7-8-13-11;1-9(2,3)11(7-12-8-11)10(4,5)6/h7-9H2,1-6H3;7-8H2,1-6H3;7-8H2,1-6H3. The summed E-state index contributed by atoms with van der Waals surface area (Å²) < 4.78 is 29.0. The van der Waals surface area contributed by atoms with Crippen LogP contribution >= 0.6 is 0 Å². The minimum absolute atomic E-state index is 0.00562. The third-order valence-corrected chi connectivity index (χ3v) is 9.11. The fourth-order valence-electron chi connectivity index (χ4n) is 7.22. The van der Waals surface area contributed by atoms with Gasteiger partial charge in [-0.15, -0.1) is 0 Å². The van der Waals surface area contributed by atoms with E-state index >= 15 is 0 Å². The Labute approximate surface area is 243 Å². The molecule has 0 unspecified atom stereocenters. The van der Waals surface area contributed by atoms with Gasteiger partial charge in [-0.05, 0) is 17.3 Å². The quantitative estimate of drug-likeness (QED) is 0.298. The van der Waals surface area contributed by atoms with Crippen LogP contribution in [0.25, 0.3) is 0 Å². The molecule has 3 fully saturated rings. The fraction of sp³-hybridized carbons (Fsp3) is 1.00. The van der Waals surface area contributed by atoms with Crippen molar-refractivity contribution in [2.45, 2.75) is 143 Å². The van der Waals surface area contributed by atoms with Crippen LogP contribution in [0.5, 0.6) is 0 Å². The van der Waals surface area contributed by atoms with Crippen LogP contribution in [0.4, 0.5) is 0 Å². The zero-order chi connectivity index (χ0) is 31.0. The summed E-state index contributed by atoms with van der Waals surface area (Å²) in [7, 11) is 0. The van der Waals surface area contributed by atoms with Crippen molar-refractivity contribution in [1.82, 2.24) is 0 Å². The average molecular weight is 557 g/mol. The second kappa shape index (κ2) is 11.8. The van der Waals surface area contributed by atoms with Gasteiger partial charge in [0.1, 0.15) is 0 Å². The van der Waals surface area contributed by atoms with Crippen molar-refractivity contribution in [3.05, 3.63) is 0 Å². The lowest BCUT2D eigenvalue weighted by Gasteiger charge is -2.58. The smallest absolute Gasteiger partial charge is 0.178 e. The van der Waals surface area contributed by atoms with E-state index in [-0.39, 0.29) is 21.7 Å². The zero-order valence-electron chi connectivity index (χ0n) is 29.5. The fourth-order valence-corrected chi connectivity index (χ4v) is 7.22. The first-order valence-corrected chi connectivity index (χ1v) is 15.3. The first-order chi connectivity index (χ1) is 17.1. The average Bonchev–Trinajstić information content (AvgIpc) is 3.16. The van der Waals surface area contributed by atoms with Gasteiger partial charge in [0.05, 0.1) is 39.6 Å². The largest absolute Gasteiger partial charge is 0.380 e. The highest BCUT2D eigenvalue weighted by Crippen LogP contribution is 2.56. The maximum absolute atomic E-state index is 5.97. The molecule has 3 rings (SSSR count). The molecule has 0 bridgehead atoms. The van der Waals surface area contributed by atoms with Crippen LogP contribution < -0.4 is 0 Å². The number of ether oxygens (including phenoxy) is 5. The second-order valence-corrected chi connectivity index (χ2v) is 18.1. The highest BCUT2D eigenvalue weighted by Gasteiger charge is 2.57. The van der Waals surface area contributed by atoms with Crippen LogP contribution in [0.3, 0.4) is 0 Å². The molecule has 0 atom stereocenters. The molecule has 0 aromatic heterocycles. The van der Waals surface area contributed by atoms with Crippen molar-refractivity contribution in [2.24, 2.45) is 37.9 Å². The molecule has 0 N–H and O–H groups in total. The predicted molar refractivity (Wildman–Crippen MR) is 164 cm³/mol. The third kappa shape index (κ3) is 7.42. The lowest BCUT2D eigenvalue weighted by atomic mass is 9.53. The summed E-state index contributed by atoms with van der Waals surface area (Å²) >= 11 is 0. The van der Waals surface area contributed by atoms with Crippen LogP contribution in [0, 0.1) is 37.9 Å². The van der Waals surface area contributed by atoms with E-state index in [0.717, 1.165) is 32.8 Å². The highest BCUT2D eigenvalue weighted by atomic mass is 16.7. The van der Waals surface area contributed by atoms with Crippen LogP contribution in [0.2, 0.25) is 0 Å². The third-order valence-electron chi connectivity index (χ3n) is 9.11. The van der Waals surface area contributed by atoms with Gasteiger partial charge in [0.15, 0.2) is 11.6 Å². The van der Waals surface area contributed by atoms with Crippen molar-refractivity contribution >= 4 is 0 Å². The summed E-state index contributed by atoms with van der Waals surface area (Å²) in [4.78, 5) is 0. The molecule has 0 saturated carbocycles. The number of hydrogen-bond donors (Lipinski definition) is 0. The lowest BCUT2D eigenvalue weighted by molar-refractivity contribution is -0.358. The van der Waals surface area contributed by atoms with Gasteiger partial charge in [-0.2, -0.15) is 0 Å². The van der Waals surface area contributed by atoms with Gasteiger partial charge in [0, 0.05) is 27.1 Å². The molecular formula is C34H68O5. The van der Waals surface area contributed by atoms with Crippen molar-refractivity contribution in [3.63, 3.8) is 0 Å². The van der Waals surface area contributed by atoms with Crippen LogP contribution in [0.15, 0.2) is 0 Å². The Balaban J connectivity index is 0.000000293. The summed E-state index contributed by atoms with van der Waals surface area (Å²) in [5.41, 5.74) is 1.12. The lowest BCUT2D eigenvalue weighted by Crippen LogP contribution is -2.59. The molecule has 3 saturated heterocycles. The summed E-state index contributed by atoms with van der Waals surface area (Å²) in [6.07, 6.45) is 1.01. The van der Waals surface area contributed by atoms with Crippen molar-refractivity contribution < 1.29 is 23.7 Å². The molecule has 3 aliphatic rings. The zero-order valence-corrected chi connectivity index (χ0v) is 29.5. The van der Waals surface area contributed by atoms with E-state index < -0.39 is 11.6 Å². The molecule has 0 amide bonds. The molecule has 39 heavy (non-hydrogen) atoms. The van der Waals surface area contributed by atoms with E-state index in [2.05, 4.69) is 125 Å². The van der Waals surface area contributed by atoms with E-state index in [4.69, 9.17) is 23.7 Å². The van der Waals surface area contributed by atoms with Crippen molar-refractivity contribution in [2.75, 3.05) is 39.6 Å². The molecule has 0 aliphatic carbocycles. The van der Waals surface area contributed by atoms with E-state index in [1.54, 1.807) is 0 Å². The van der Waals surface area contributed by atoms with Crippen LogP contribution in [-0.2, 0) is 23.7 Å². The minimum atomic E-state index is -0.446. The van der Waals surface area contributed by atoms with E-state index in [1.807, 2.05) is 0 Å². The minimum Gasteiger partial charge on any atom is -0.380 e. The summed E-state index contributed by atoms with van der Waals surface area (Å²) in [6.45, 7) is 45.0. The molecule has 5 heteroatoms. The Morgan fingerprint density at radius 1 is 0.359 bits per heavy atom. The maximum atomic E-state index is 5.97. The molecule has 0 radical (unpaired) electrons. The van der Waals surface area contributed by atoms with Crippen molar-refractivity contribution in [3.8, 4) is 0 Å². The Morgan fingerprint density at radius 2 is 0.615 bits per heavy atom. The van der Waals surface area contributed by atoms with Gasteiger partial charge >= 0.3 is 0 Å². The first-order valence-electron chi connectivity index (χ1n) is 15.3. The highest BCUT2D eigenvalue weighted by molar-refractivity contribution is 5.02. The van der Waals surface area contributed by atoms with Gasteiger partial charge in [-0.3, -0.25) is 0 Å². The summed E-state index contributed by atoms with van der Waals surface area (Å²) in [5, 5.41) is 0. The van der Waals surface area contributed by atoms with Crippen LogP contribution in [-0.4, -0.2) is 51.2 Å². The van der Waals surface area contributed by atoms with Gasteiger partial charge in [0.2, 0.25) is 0 Å². The number of hydrogen-bond acceptors (Lipinski definition) is 5. The normalized spacial score (nSPS) is 23.5. The molecule has 0 aromatic carbocycles. The molecule has 5 nitrogen and oxygen atoms in total. The molecule has 3 aliphatic heterocycles. The summed E-state index contributed by atoms with van der Waals surface area (Å²) in [6, 6.07) is 0. The molecule has 0 aromatic rings. The van der Waals surface area contributed by atoms with Gasteiger partial charge < -0.3 is 23.7 Å². The predicted octanol–water partition coefficient (Wildman–Crippen LogP) is 9.13. The monoisotopic (exact) mass is 557 g/mol.